The van der Waals surface area contributed by atoms with E-state index in [0.29, 0.717) is 12.8 Å². The molecule has 7 heteroatoms. The van der Waals surface area contributed by atoms with E-state index in [0.717, 1.165) is 33.5 Å². The quantitative estimate of drug-likeness (QED) is 0.720. The van der Waals surface area contributed by atoms with Crippen molar-refractivity contribution in [1.82, 2.24) is 24.8 Å². The Labute approximate surface area is 171 Å². The lowest BCUT2D eigenvalue weighted by molar-refractivity contribution is -0.135. The molecule has 0 radical (unpaired) electrons. The van der Waals surface area contributed by atoms with E-state index in [2.05, 4.69) is 10.4 Å². The fourth-order valence-corrected chi connectivity index (χ4v) is 3.52. The highest BCUT2D eigenvalue weighted by Crippen LogP contribution is 2.23. The smallest absolute Gasteiger partial charge is 0.240 e. The van der Waals surface area contributed by atoms with Crippen molar-refractivity contribution in [1.29, 1.82) is 0 Å². The summed E-state index contributed by atoms with van der Waals surface area (Å²) in [5, 5.41) is 8.55. The van der Waals surface area contributed by atoms with Crippen LogP contribution in [0.2, 0.25) is 0 Å². The van der Waals surface area contributed by atoms with Gasteiger partial charge in [-0.2, -0.15) is 5.10 Å². The number of carbonyl (C=O) groups excluding carboxylic acids is 2. The van der Waals surface area contributed by atoms with Gasteiger partial charge in [-0.15, -0.1) is 0 Å². The molecule has 7 nitrogen and oxygen atoms in total. The molecule has 0 bridgehead atoms. The monoisotopic (exact) mass is 395 g/mol. The molecule has 0 saturated carbocycles. The largest absolute Gasteiger partial charge is 0.350 e. The number of benzene rings is 1. The predicted molar refractivity (Wildman–Crippen MR) is 114 cm³/mol. The van der Waals surface area contributed by atoms with Crippen LogP contribution >= 0.6 is 0 Å². The highest BCUT2D eigenvalue weighted by atomic mass is 16.2. The highest BCUT2D eigenvalue weighted by molar-refractivity contribution is 5.92. The molecule has 0 unspecified atom stereocenters. The van der Waals surface area contributed by atoms with Crippen LogP contribution in [0, 0.1) is 13.8 Å². The molecule has 3 rings (SSSR count). The molecule has 0 atom stereocenters. The van der Waals surface area contributed by atoms with Gasteiger partial charge in [0.05, 0.1) is 12.1 Å². The summed E-state index contributed by atoms with van der Waals surface area (Å²) in [6, 6.07) is 7.93. The number of rotatable bonds is 5. The maximum atomic E-state index is 12.5. The van der Waals surface area contributed by atoms with Crippen LogP contribution in [-0.4, -0.2) is 50.4 Å². The van der Waals surface area contributed by atoms with E-state index in [1.807, 2.05) is 63.4 Å². The number of nitrogens with one attached hydrogen (secondary N) is 1. The molecular weight excluding hydrogens is 366 g/mol. The molecule has 1 N–H and O–H groups in total. The lowest BCUT2D eigenvalue weighted by Crippen LogP contribution is -2.46. The summed E-state index contributed by atoms with van der Waals surface area (Å²) in [6.45, 7) is 9.78. The molecule has 1 aromatic carbocycles. The average molecular weight is 396 g/mol. The van der Waals surface area contributed by atoms with Crippen LogP contribution in [0.25, 0.3) is 16.6 Å². The maximum absolute atomic E-state index is 12.5. The van der Waals surface area contributed by atoms with E-state index in [4.69, 9.17) is 4.98 Å². The lowest BCUT2D eigenvalue weighted by Gasteiger charge is -2.23. The molecule has 0 aliphatic heterocycles. The summed E-state index contributed by atoms with van der Waals surface area (Å²) in [7, 11) is 1.66. The zero-order valence-electron chi connectivity index (χ0n) is 18.0. The van der Waals surface area contributed by atoms with Crippen LogP contribution in [-0.2, 0) is 16.0 Å². The number of carbonyl (C=O) groups is 2. The van der Waals surface area contributed by atoms with E-state index >= 15 is 0 Å². The third-order valence-corrected chi connectivity index (χ3v) is 4.93. The van der Waals surface area contributed by atoms with E-state index in [1.165, 1.54) is 4.90 Å². The number of hydrogen-bond acceptors (Lipinski definition) is 4. The first-order valence-corrected chi connectivity index (χ1v) is 9.85. The minimum absolute atomic E-state index is 0.0515. The molecule has 0 fully saturated rings. The molecule has 3 aromatic rings. The first kappa shape index (κ1) is 20.8. The maximum Gasteiger partial charge on any atom is 0.240 e. The molecule has 2 heterocycles. The Bertz CT molecular complexity index is 1080. The van der Waals surface area contributed by atoms with Crippen LogP contribution in [0.3, 0.4) is 0 Å². The van der Waals surface area contributed by atoms with Gasteiger partial charge in [-0.1, -0.05) is 12.1 Å². The second-order valence-corrected chi connectivity index (χ2v) is 8.56. The standard InChI is InChI=1S/C22H29N5O2/c1-14-16(11-12-20(29)26(6)13-19(28)24-22(3,4)5)15(2)27-21(23-14)17-9-7-8-10-18(17)25-27/h7-10H,11-13H2,1-6H3,(H,24,28). The second kappa shape index (κ2) is 7.81. The van der Waals surface area contributed by atoms with Crippen molar-refractivity contribution in [3.63, 3.8) is 0 Å². The molecular formula is C22H29N5O2. The van der Waals surface area contributed by atoms with E-state index in [1.54, 1.807) is 7.05 Å². The van der Waals surface area contributed by atoms with Gasteiger partial charge >= 0.3 is 0 Å². The van der Waals surface area contributed by atoms with Gasteiger partial charge in [0, 0.05) is 35.8 Å². The van der Waals surface area contributed by atoms with Crippen molar-refractivity contribution in [2.24, 2.45) is 0 Å². The number of amides is 2. The second-order valence-electron chi connectivity index (χ2n) is 8.56. The summed E-state index contributed by atoms with van der Waals surface area (Å²) in [5.41, 5.74) is 4.34. The normalized spacial score (nSPS) is 11.8. The first-order valence-electron chi connectivity index (χ1n) is 9.85. The molecule has 154 valence electrons. The van der Waals surface area contributed by atoms with E-state index < -0.39 is 0 Å². The van der Waals surface area contributed by atoms with Crippen LogP contribution in [0.5, 0.6) is 0 Å². The number of aromatic nitrogens is 3. The Morgan fingerprint density at radius 3 is 2.55 bits per heavy atom. The summed E-state index contributed by atoms with van der Waals surface area (Å²) < 4.78 is 1.86. The van der Waals surface area contributed by atoms with Crippen LogP contribution in [0.1, 0.15) is 44.1 Å². The van der Waals surface area contributed by atoms with Gasteiger partial charge in [0.1, 0.15) is 0 Å². The Hall–Kier alpha value is -2.96. The molecule has 29 heavy (non-hydrogen) atoms. The zero-order chi connectivity index (χ0) is 21.3. The Morgan fingerprint density at radius 2 is 1.86 bits per heavy atom. The summed E-state index contributed by atoms with van der Waals surface area (Å²) in [4.78, 5) is 30.8. The van der Waals surface area contributed by atoms with Crippen molar-refractivity contribution in [2.75, 3.05) is 13.6 Å². The highest BCUT2D eigenvalue weighted by Gasteiger charge is 2.19. The van der Waals surface area contributed by atoms with Crippen molar-refractivity contribution in [2.45, 2.75) is 53.0 Å². The SMILES string of the molecule is Cc1nc2c3ccccc3nn2c(C)c1CCC(=O)N(C)CC(=O)NC(C)(C)C. The fraction of sp³-hybridized carbons (Fsp3) is 0.455. The molecule has 2 amide bonds. The molecule has 0 saturated heterocycles. The Morgan fingerprint density at radius 1 is 1.17 bits per heavy atom. The number of likely N-dealkylation sites (N-methyl/N-ethyl adjacent to an activating group) is 1. The van der Waals surface area contributed by atoms with Crippen molar-refractivity contribution < 1.29 is 9.59 Å². The molecule has 0 aliphatic rings. The summed E-state index contributed by atoms with van der Waals surface area (Å²) in [5.74, 6) is -0.231. The number of aryl methyl sites for hydroxylation is 2. The van der Waals surface area contributed by atoms with Crippen LogP contribution in [0.15, 0.2) is 24.3 Å². The van der Waals surface area contributed by atoms with Gasteiger partial charge in [-0.25, -0.2) is 9.50 Å². The molecule has 0 aliphatic carbocycles. The zero-order valence-corrected chi connectivity index (χ0v) is 18.0. The van der Waals surface area contributed by atoms with Gasteiger partial charge in [-0.3, -0.25) is 9.59 Å². The van der Waals surface area contributed by atoms with E-state index in [9.17, 15) is 9.59 Å². The number of hydrogen-bond donors (Lipinski definition) is 1. The fourth-order valence-electron chi connectivity index (χ4n) is 3.52. The van der Waals surface area contributed by atoms with Crippen molar-refractivity contribution in [3.05, 3.63) is 41.2 Å². The van der Waals surface area contributed by atoms with Crippen LogP contribution in [0.4, 0.5) is 0 Å². The van der Waals surface area contributed by atoms with Gasteiger partial charge in [0.2, 0.25) is 11.8 Å². The van der Waals surface area contributed by atoms with Crippen molar-refractivity contribution >= 4 is 28.4 Å². The predicted octanol–water partition coefficient (Wildman–Crippen LogP) is 2.81. The minimum atomic E-state index is -0.316. The van der Waals surface area contributed by atoms with Crippen LogP contribution < -0.4 is 5.32 Å². The lowest BCUT2D eigenvalue weighted by atomic mass is 10.1. The molecule has 2 aromatic heterocycles. The van der Waals surface area contributed by atoms with Gasteiger partial charge in [0.15, 0.2) is 5.65 Å². The topological polar surface area (TPSA) is 79.6 Å². The Kier molecular flexibility index (Phi) is 5.59. The summed E-state index contributed by atoms with van der Waals surface area (Å²) >= 11 is 0. The summed E-state index contributed by atoms with van der Waals surface area (Å²) in [6.07, 6.45) is 0.871. The van der Waals surface area contributed by atoms with Gasteiger partial charge in [-0.05, 0) is 58.7 Å². The van der Waals surface area contributed by atoms with Crippen molar-refractivity contribution in [3.8, 4) is 0 Å². The van der Waals surface area contributed by atoms with E-state index in [-0.39, 0.29) is 23.9 Å². The Balaban J connectivity index is 1.74. The van der Waals surface area contributed by atoms with Gasteiger partial charge < -0.3 is 10.2 Å². The number of nitrogens with zero attached hydrogens (tertiary/aromatic N) is 4. The minimum Gasteiger partial charge on any atom is -0.350 e. The van der Waals surface area contributed by atoms with Gasteiger partial charge in [0.25, 0.3) is 0 Å². The molecule has 0 spiro atoms. The average Bonchev–Trinajstić information content (AvgIpc) is 2.98. The first-order chi connectivity index (χ1) is 13.6. The number of fused-ring (bicyclic) bond motifs is 3. The third-order valence-electron chi connectivity index (χ3n) is 4.93. The third kappa shape index (κ3) is 4.55.